The molecular formula is C20H22N6O2. The third-order valence-corrected chi connectivity index (χ3v) is 5.27. The maximum Gasteiger partial charge on any atom is 0.229 e. The van der Waals surface area contributed by atoms with Gasteiger partial charge in [-0.05, 0) is 31.2 Å². The van der Waals surface area contributed by atoms with Gasteiger partial charge in [0.05, 0.1) is 18.8 Å². The van der Waals surface area contributed by atoms with Gasteiger partial charge in [0.2, 0.25) is 5.89 Å². The Morgan fingerprint density at radius 2 is 2.04 bits per heavy atom. The molecule has 28 heavy (non-hydrogen) atoms. The van der Waals surface area contributed by atoms with Crippen LogP contribution in [0.15, 0.2) is 41.1 Å². The Balaban J connectivity index is 1.56. The Bertz CT molecular complexity index is 1080. The van der Waals surface area contributed by atoms with Gasteiger partial charge in [0.25, 0.3) is 0 Å². The van der Waals surface area contributed by atoms with Gasteiger partial charge in [-0.25, -0.2) is 9.97 Å². The molecule has 2 aromatic heterocycles. The number of hydrogen-bond donors (Lipinski definition) is 3. The van der Waals surface area contributed by atoms with Gasteiger partial charge in [-0.3, -0.25) is 0 Å². The van der Waals surface area contributed by atoms with Gasteiger partial charge in [-0.2, -0.15) is 0 Å². The predicted octanol–water partition coefficient (Wildman–Crippen LogP) is 1.77. The number of morpholine rings is 1. The first-order valence-electron chi connectivity index (χ1n) is 9.28. The van der Waals surface area contributed by atoms with Crippen molar-refractivity contribution in [1.29, 1.82) is 0 Å². The first-order valence-corrected chi connectivity index (χ1v) is 9.28. The molecule has 4 heterocycles. The van der Waals surface area contributed by atoms with E-state index in [2.05, 4.69) is 27.3 Å². The quantitative estimate of drug-likeness (QED) is 0.618. The van der Waals surface area contributed by atoms with Gasteiger partial charge in [-0.15, -0.1) is 0 Å². The fraction of sp³-hybridized carbons (Fsp3) is 0.300. The summed E-state index contributed by atoms with van der Waals surface area (Å²) in [5, 5.41) is 3.20. The summed E-state index contributed by atoms with van der Waals surface area (Å²) in [7, 11) is 0. The number of hydrogen-bond acceptors (Lipinski definition) is 8. The minimum Gasteiger partial charge on any atom is -0.436 e. The number of nitrogens with zero attached hydrogens (tertiary/aromatic N) is 3. The Morgan fingerprint density at radius 1 is 1.21 bits per heavy atom. The molecule has 0 saturated carbocycles. The lowest BCUT2D eigenvalue weighted by Gasteiger charge is -2.32. The number of nitrogen functional groups attached to an aromatic ring is 1. The Morgan fingerprint density at radius 3 is 2.86 bits per heavy atom. The van der Waals surface area contributed by atoms with E-state index in [-0.39, 0.29) is 0 Å². The van der Waals surface area contributed by atoms with Gasteiger partial charge in [-0.1, -0.05) is 0 Å². The molecule has 3 aromatic rings. The minimum absolute atomic E-state index is 0.424. The highest BCUT2D eigenvalue weighted by atomic mass is 16.5. The summed E-state index contributed by atoms with van der Waals surface area (Å²) in [6, 6.07) is 7.88. The molecule has 0 spiro atoms. The molecule has 1 saturated heterocycles. The molecule has 0 amide bonds. The fourth-order valence-corrected chi connectivity index (χ4v) is 3.71. The van der Waals surface area contributed by atoms with E-state index in [4.69, 9.17) is 25.6 Å². The number of oxazole rings is 1. The number of aromatic nitrogens is 2. The molecule has 5 N–H and O–H groups in total. The van der Waals surface area contributed by atoms with Gasteiger partial charge < -0.3 is 30.8 Å². The normalized spacial score (nSPS) is 21.9. The lowest BCUT2D eigenvalue weighted by Crippen LogP contribution is -2.47. The molecule has 1 fully saturated rings. The molecule has 8 nitrogen and oxygen atoms in total. The zero-order valence-electron chi connectivity index (χ0n) is 15.6. The van der Waals surface area contributed by atoms with Crippen molar-refractivity contribution in [2.75, 3.05) is 36.9 Å². The number of anilines is 2. The molecule has 5 rings (SSSR count). The largest absolute Gasteiger partial charge is 0.436 e. The van der Waals surface area contributed by atoms with Crippen molar-refractivity contribution in [1.82, 2.24) is 15.3 Å². The van der Waals surface area contributed by atoms with Crippen LogP contribution in [0.3, 0.4) is 0 Å². The van der Waals surface area contributed by atoms with E-state index in [1.165, 1.54) is 0 Å². The summed E-state index contributed by atoms with van der Waals surface area (Å²) < 4.78 is 11.5. The standard InChI is InChI=1S/C20H22N6O2/c1-20(22)15-11-23-18(21)9-13(15)14(10-24-20)19-25-16-8-12(2-3-17(16)28-19)26-4-6-27-7-5-26/h2-3,8-11,24H,4-7,22H2,1H3,(H2,21,23). The third-order valence-electron chi connectivity index (χ3n) is 5.27. The summed E-state index contributed by atoms with van der Waals surface area (Å²) in [6.07, 6.45) is 3.53. The monoisotopic (exact) mass is 378 g/mol. The van der Waals surface area contributed by atoms with E-state index in [0.717, 1.165) is 59.8 Å². The van der Waals surface area contributed by atoms with E-state index >= 15 is 0 Å². The molecule has 0 aliphatic carbocycles. The van der Waals surface area contributed by atoms with E-state index in [1.54, 1.807) is 12.3 Å². The second-order valence-electron chi connectivity index (χ2n) is 7.33. The third kappa shape index (κ3) is 2.78. The van der Waals surface area contributed by atoms with Crippen molar-refractivity contribution >= 4 is 28.2 Å². The Labute approximate surface area is 162 Å². The van der Waals surface area contributed by atoms with E-state index in [0.29, 0.717) is 11.7 Å². The van der Waals surface area contributed by atoms with Crippen molar-refractivity contribution in [3.63, 3.8) is 0 Å². The summed E-state index contributed by atoms with van der Waals surface area (Å²) in [4.78, 5) is 11.2. The van der Waals surface area contributed by atoms with Gasteiger partial charge >= 0.3 is 0 Å². The lowest BCUT2D eigenvalue weighted by molar-refractivity contribution is 0.122. The number of ether oxygens (including phenoxy) is 1. The molecule has 1 unspecified atom stereocenters. The lowest BCUT2D eigenvalue weighted by atomic mass is 9.90. The Hall–Kier alpha value is -3.10. The molecule has 144 valence electrons. The van der Waals surface area contributed by atoms with E-state index < -0.39 is 5.66 Å². The maximum atomic E-state index is 6.35. The summed E-state index contributed by atoms with van der Waals surface area (Å²) in [5.41, 5.74) is 16.7. The summed E-state index contributed by atoms with van der Waals surface area (Å²) >= 11 is 0. The second kappa shape index (κ2) is 6.22. The highest BCUT2D eigenvalue weighted by molar-refractivity contribution is 5.85. The zero-order valence-corrected chi connectivity index (χ0v) is 15.6. The van der Waals surface area contributed by atoms with Crippen LogP contribution >= 0.6 is 0 Å². The minimum atomic E-state index is -0.741. The van der Waals surface area contributed by atoms with Crippen LogP contribution < -0.4 is 21.7 Å². The summed E-state index contributed by atoms with van der Waals surface area (Å²) in [6.45, 7) is 5.12. The highest BCUT2D eigenvalue weighted by Gasteiger charge is 2.31. The number of nitrogens with one attached hydrogen (secondary N) is 1. The number of benzene rings is 1. The molecule has 1 aromatic carbocycles. The topological polar surface area (TPSA) is 115 Å². The molecule has 2 aliphatic heterocycles. The van der Waals surface area contributed by atoms with Crippen LogP contribution in [0, 0.1) is 0 Å². The zero-order chi connectivity index (χ0) is 19.3. The van der Waals surface area contributed by atoms with Crippen molar-refractivity contribution in [3.8, 4) is 0 Å². The maximum absolute atomic E-state index is 6.35. The van der Waals surface area contributed by atoms with Crippen LogP contribution in [0.2, 0.25) is 0 Å². The van der Waals surface area contributed by atoms with Crippen LogP contribution in [0.5, 0.6) is 0 Å². The highest BCUT2D eigenvalue weighted by Crippen LogP contribution is 2.35. The average molecular weight is 378 g/mol. The molecule has 0 radical (unpaired) electrons. The number of fused-ring (bicyclic) bond motifs is 2. The number of rotatable bonds is 2. The van der Waals surface area contributed by atoms with Crippen LogP contribution in [-0.2, 0) is 10.4 Å². The SMILES string of the molecule is CC1(N)NC=C(c2nc3cc(N4CCOCC4)ccc3o2)c2cc(N)ncc21. The first-order chi connectivity index (χ1) is 13.5. The second-order valence-corrected chi connectivity index (χ2v) is 7.33. The van der Waals surface area contributed by atoms with Crippen LogP contribution in [0.25, 0.3) is 16.7 Å². The van der Waals surface area contributed by atoms with Gasteiger partial charge in [0.15, 0.2) is 5.58 Å². The fourth-order valence-electron chi connectivity index (χ4n) is 3.71. The van der Waals surface area contributed by atoms with Gasteiger partial charge in [0.1, 0.15) is 17.0 Å². The smallest absolute Gasteiger partial charge is 0.229 e. The molecule has 0 bridgehead atoms. The number of pyridine rings is 1. The van der Waals surface area contributed by atoms with Crippen molar-refractivity contribution in [2.24, 2.45) is 5.73 Å². The van der Waals surface area contributed by atoms with Gasteiger partial charge in [0, 0.05) is 42.3 Å². The van der Waals surface area contributed by atoms with Crippen molar-refractivity contribution in [3.05, 3.63) is 53.7 Å². The molecule has 8 heteroatoms. The van der Waals surface area contributed by atoms with Crippen LogP contribution in [-0.4, -0.2) is 36.3 Å². The summed E-state index contributed by atoms with van der Waals surface area (Å²) in [5.74, 6) is 0.942. The first kappa shape index (κ1) is 17.0. The van der Waals surface area contributed by atoms with E-state index in [9.17, 15) is 0 Å². The molecule has 2 aliphatic rings. The number of nitrogens with two attached hydrogens (primary N) is 2. The van der Waals surface area contributed by atoms with Crippen molar-refractivity contribution < 1.29 is 9.15 Å². The van der Waals surface area contributed by atoms with Crippen LogP contribution in [0.4, 0.5) is 11.5 Å². The van der Waals surface area contributed by atoms with Crippen molar-refractivity contribution in [2.45, 2.75) is 12.6 Å². The predicted molar refractivity (Wildman–Crippen MR) is 107 cm³/mol. The van der Waals surface area contributed by atoms with Crippen LogP contribution in [0.1, 0.15) is 23.9 Å². The average Bonchev–Trinajstić information content (AvgIpc) is 3.11. The Kier molecular flexibility index (Phi) is 3.78. The van der Waals surface area contributed by atoms with E-state index in [1.807, 2.05) is 19.2 Å². The molecule has 1 atom stereocenters. The molecular weight excluding hydrogens is 356 g/mol.